The van der Waals surface area contributed by atoms with Crippen molar-refractivity contribution in [3.8, 4) is 22.5 Å². The SMILES string of the molecule is CCn1c(-c2cccnc2[C@H](C)OC)c2c3cc(ccc31)-c1csc(n1)C[C@H](NC(=O)[C@H](C(C)C)N(C)C(=O)N(C)[C@H]1CCN(C(=O)[C@@H]3CN3)C1)C(=O)N1CCC[C@H](N1)C(=O)OCC(C)(C)C2. The smallest absolute Gasteiger partial charge is 0.324 e. The van der Waals surface area contributed by atoms with Crippen LogP contribution in [0.1, 0.15) is 83.2 Å². The first kappa shape index (κ1) is 48.0. The molecule has 5 amide bonds. The molecule has 3 saturated heterocycles. The summed E-state index contributed by atoms with van der Waals surface area (Å²) in [6, 6.07) is 6.91. The van der Waals surface area contributed by atoms with Crippen LogP contribution >= 0.6 is 11.3 Å². The number of benzene rings is 1. The zero-order valence-corrected chi connectivity index (χ0v) is 41.1. The minimum atomic E-state index is -1.09. The van der Waals surface area contributed by atoms with Gasteiger partial charge in [0.1, 0.15) is 18.1 Å². The molecule has 4 aliphatic rings. The number of hydrogen-bond acceptors (Lipinski definition) is 12. The lowest BCUT2D eigenvalue weighted by molar-refractivity contribution is -0.155. The van der Waals surface area contributed by atoms with Crippen LogP contribution in [0.5, 0.6) is 0 Å². The molecule has 360 valence electrons. The molecule has 67 heavy (non-hydrogen) atoms. The number of rotatable bonds is 10. The van der Waals surface area contributed by atoms with E-state index in [2.05, 4.69) is 65.7 Å². The number of likely N-dealkylation sites (N-methyl/N-ethyl adjacent to an activating group) is 2. The number of fused-ring (bicyclic) bond motifs is 6. The summed E-state index contributed by atoms with van der Waals surface area (Å²) in [7, 11) is 5.00. The highest BCUT2D eigenvalue weighted by molar-refractivity contribution is 7.10. The summed E-state index contributed by atoms with van der Waals surface area (Å²) >= 11 is 1.41. The fraction of sp³-hybridized carbons (Fsp3) is 0.571. The Balaban J connectivity index is 1.13. The maximum atomic E-state index is 14.7. The molecule has 1 aromatic carbocycles. The number of aryl methyl sites for hydroxylation is 1. The maximum Gasteiger partial charge on any atom is 0.324 e. The van der Waals surface area contributed by atoms with Crippen molar-refractivity contribution in [1.29, 1.82) is 0 Å². The Kier molecular flexibility index (Phi) is 14.1. The van der Waals surface area contributed by atoms with Crippen molar-refractivity contribution < 1.29 is 33.4 Å². The zero-order chi connectivity index (χ0) is 47.9. The van der Waals surface area contributed by atoms with Gasteiger partial charge in [-0.1, -0.05) is 33.8 Å². The summed E-state index contributed by atoms with van der Waals surface area (Å²) < 4.78 is 14.2. The average molecular weight is 939 g/mol. The van der Waals surface area contributed by atoms with E-state index < -0.39 is 41.3 Å². The predicted octanol–water partition coefficient (Wildman–Crippen LogP) is 4.78. The van der Waals surface area contributed by atoms with Crippen LogP contribution in [0, 0.1) is 11.3 Å². The molecule has 6 atom stereocenters. The number of carbonyl (C=O) groups excluding carboxylic acids is 5. The third-order valence-corrected chi connectivity index (χ3v) is 14.7. The average Bonchev–Trinajstić information content (AvgIpc) is 3.72. The number of thiazole rings is 1. The van der Waals surface area contributed by atoms with E-state index in [1.54, 1.807) is 37.2 Å². The van der Waals surface area contributed by atoms with Crippen LogP contribution in [-0.4, -0.2) is 148 Å². The molecule has 0 spiro atoms. The van der Waals surface area contributed by atoms with Crippen molar-refractivity contribution in [3.05, 3.63) is 58.2 Å². The van der Waals surface area contributed by atoms with Crippen molar-refractivity contribution in [2.75, 3.05) is 54.0 Å². The van der Waals surface area contributed by atoms with Gasteiger partial charge in [-0.05, 0) is 75.3 Å². The lowest BCUT2D eigenvalue weighted by atomic mass is 9.84. The van der Waals surface area contributed by atoms with E-state index in [4.69, 9.17) is 19.4 Å². The van der Waals surface area contributed by atoms with E-state index in [-0.39, 0.29) is 49.1 Å². The standard InChI is InChI=1S/C49H66N10O7S/c1-10-58-39-16-15-30-21-33(39)34(43(58)32-13-11-18-50-41(32)29(4)65-9)23-49(5,6)27-66-47(63)35-14-12-19-59(54-35)46(62)36(22-40-52-38(30)26-67-40)53-44(60)42(28(2)3)56(8)48(64)55(7)31-17-20-57(25-31)45(61)37-24-51-37/h11,13,15-16,18,21,26,28-29,31,35-37,42,51,54H,10,12,14,17,19-20,22-25,27H2,1-9H3,(H,53,60)/t29-,31-,35-,36-,37-,42-/m0/s1. The third-order valence-electron chi connectivity index (χ3n) is 13.8. The topological polar surface area (TPSA) is 193 Å². The van der Waals surface area contributed by atoms with E-state index in [0.29, 0.717) is 63.4 Å². The number of hydrazine groups is 1. The molecule has 7 heterocycles. The van der Waals surface area contributed by atoms with Crippen molar-refractivity contribution in [2.45, 2.75) is 117 Å². The van der Waals surface area contributed by atoms with Gasteiger partial charge in [-0.15, -0.1) is 11.3 Å². The van der Waals surface area contributed by atoms with Crippen LogP contribution in [-0.2, 0) is 48.0 Å². The zero-order valence-electron chi connectivity index (χ0n) is 40.3. The first-order chi connectivity index (χ1) is 32.0. The molecule has 3 aromatic heterocycles. The molecule has 3 fully saturated rings. The molecular weight excluding hydrogens is 873 g/mol. The number of pyridine rings is 1. The van der Waals surface area contributed by atoms with Gasteiger partial charge >= 0.3 is 12.0 Å². The quantitative estimate of drug-likeness (QED) is 0.146. The maximum absolute atomic E-state index is 14.7. The number of nitrogens with one attached hydrogen (secondary N) is 3. The van der Waals surface area contributed by atoms with Crippen LogP contribution in [0.15, 0.2) is 41.9 Å². The van der Waals surface area contributed by atoms with Gasteiger partial charge in [-0.25, -0.2) is 15.2 Å². The monoisotopic (exact) mass is 938 g/mol. The fourth-order valence-corrected chi connectivity index (χ4v) is 10.8. The minimum absolute atomic E-state index is 0.0489. The summed E-state index contributed by atoms with van der Waals surface area (Å²) in [5.74, 6) is -1.64. The molecule has 0 aliphatic carbocycles. The van der Waals surface area contributed by atoms with E-state index in [9.17, 15) is 24.0 Å². The van der Waals surface area contributed by atoms with Crippen LogP contribution in [0.25, 0.3) is 33.4 Å². The number of esters is 1. The number of likely N-dealkylation sites (tertiary alicyclic amines) is 1. The Bertz CT molecular complexity index is 2520. The normalized spacial score (nSPS) is 22.8. The number of urea groups is 1. The van der Waals surface area contributed by atoms with Gasteiger partial charge in [0, 0.05) is 99.4 Å². The number of hydrogen-bond donors (Lipinski definition) is 3. The van der Waals surface area contributed by atoms with Crippen molar-refractivity contribution in [2.24, 2.45) is 11.3 Å². The van der Waals surface area contributed by atoms with Crippen LogP contribution in [0.4, 0.5) is 4.79 Å². The molecule has 0 unspecified atom stereocenters. The van der Waals surface area contributed by atoms with Gasteiger partial charge in [0.05, 0.1) is 46.9 Å². The van der Waals surface area contributed by atoms with Crippen LogP contribution in [0.2, 0.25) is 0 Å². The summed E-state index contributed by atoms with van der Waals surface area (Å²) in [6.07, 6.45) is 3.83. The van der Waals surface area contributed by atoms with E-state index in [1.165, 1.54) is 21.2 Å². The number of cyclic esters (lactones) is 1. The van der Waals surface area contributed by atoms with E-state index in [1.807, 2.05) is 32.2 Å². The Hall–Kier alpha value is -5.43. The van der Waals surface area contributed by atoms with Crippen molar-refractivity contribution in [1.82, 2.24) is 50.3 Å². The predicted molar refractivity (Wildman–Crippen MR) is 256 cm³/mol. The molecule has 0 saturated carbocycles. The first-order valence-electron chi connectivity index (χ1n) is 23.6. The molecule has 3 N–H and O–H groups in total. The second kappa shape index (κ2) is 19.7. The fourth-order valence-electron chi connectivity index (χ4n) is 9.98. The Morgan fingerprint density at radius 3 is 2.60 bits per heavy atom. The molecular formula is C49H66N10O7S. The number of amides is 5. The molecule has 18 heteroatoms. The summed E-state index contributed by atoms with van der Waals surface area (Å²) in [6.45, 7) is 14.9. The first-order valence-corrected chi connectivity index (χ1v) is 24.5. The Morgan fingerprint density at radius 2 is 1.88 bits per heavy atom. The lowest BCUT2D eigenvalue weighted by Gasteiger charge is -2.37. The highest BCUT2D eigenvalue weighted by atomic mass is 32.1. The van der Waals surface area contributed by atoms with Gasteiger partial charge in [0.15, 0.2) is 0 Å². The number of ether oxygens (including phenoxy) is 2. The number of methoxy groups -OCH3 is 1. The number of carbonyl (C=O) groups is 5. The Morgan fingerprint density at radius 1 is 1.10 bits per heavy atom. The molecule has 17 nitrogen and oxygen atoms in total. The molecule has 6 bridgehead atoms. The molecule has 8 rings (SSSR count). The highest BCUT2D eigenvalue weighted by Gasteiger charge is 2.42. The van der Waals surface area contributed by atoms with Gasteiger partial charge in [-0.3, -0.25) is 29.2 Å². The molecule has 0 radical (unpaired) electrons. The summed E-state index contributed by atoms with van der Waals surface area (Å²) in [4.78, 5) is 84.7. The second-order valence-corrected chi connectivity index (χ2v) is 20.6. The van der Waals surface area contributed by atoms with Gasteiger partial charge in [-0.2, -0.15) is 0 Å². The lowest BCUT2D eigenvalue weighted by Crippen LogP contribution is -2.62. The largest absolute Gasteiger partial charge is 0.464 e. The van der Waals surface area contributed by atoms with Crippen molar-refractivity contribution in [3.63, 3.8) is 0 Å². The van der Waals surface area contributed by atoms with Gasteiger partial charge < -0.3 is 39.4 Å². The molecule has 4 aliphatic heterocycles. The summed E-state index contributed by atoms with van der Waals surface area (Å²) in [5.41, 5.74) is 9.28. The highest BCUT2D eigenvalue weighted by Crippen LogP contribution is 2.42. The van der Waals surface area contributed by atoms with Gasteiger partial charge in [0.25, 0.3) is 5.91 Å². The van der Waals surface area contributed by atoms with E-state index >= 15 is 0 Å². The summed E-state index contributed by atoms with van der Waals surface area (Å²) in [5, 5.41) is 11.2. The van der Waals surface area contributed by atoms with Gasteiger partial charge in [0.2, 0.25) is 11.8 Å². The minimum Gasteiger partial charge on any atom is -0.464 e. The van der Waals surface area contributed by atoms with Crippen LogP contribution < -0.4 is 16.1 Å². The third kappa shape index (κ3) is 9.94. The Labute approximate surface area is 396 Å². The van der Waals surface area contributed by atoms with Crippen molar-refractivity contribution >= 4 is 52.0 Å². The molecule has 4 aromatic rings. The second-order valence-electron chi connectivity index (χ2n) is 19.7. The number of nitrogens with zero attached hydrogens (tertiary/aromatic N) is 7. The van der Waals surface area contributed by atoms with E-state index in [0.717, 1.165) is 44.7 Å². The van der Waals surface area contributed by atoms with Crippen LogP contribution in [0.3, 0.4) is 0 Å². The number of aromatic nitrogens is 3.